The van der Waals surface area contributed by atoms with Gasteiger partial charge < -0.3 is 19.7 Å². The maximum Gasteiger partial charge on any atom is 0.407 e. The molecule has 1 heterocycles. The average molecular weight is 300 g/mol. The molecule has 0 bridgehead atoms. The highest BCUT2D eigenvalue weighted by molar-refractivity contribution is 5.90. The Bertz CT molecular complexity index is 410. The van der Waals surface area contributed by atoms with Crippen LogP contribution in [0.3, 0.4) is 0 Å². The van der Waals surface area contributed by atoms with Crippen molar-refractivity contribution in [3.8, 4) is 0 Å². The van der Waals surface area contributed by atoms with Crippen molar-refractivity contribution in [2.75, 3.05) is 14.2 Å². The van der Waals surface area contributed by atoms with E-state index in [1.165, 1.54) is 19.1 Å². The van der Waals surface area contributed by atoms with Gasteiger partial charge >= 0.3 is 12.1 Å². The topological polar surface area (TPSA) is 84.9 Å². The zero-order valence-electron chi connectivity index (χ0n) is 13.2. The molecule has 0 aliphatic carbocycles. The van der Waals surface area contributed by atoms with Gasteiger partial charge in [-0.2, -0.15) is 0 Å². The molecule has 1 fully saturated rings. The van der Waals surface area contributed by atoms with Gasteiger partial charge in [-0.25, -0.2) is 9.59 Å². The van der Waals surface area contributed by atoms with Crippen molar-refractivity contribution in [2.24, 2.45) is 5.92 Å². The van der Waals surface area contributed by atoms with Crippen LogP contribution in [-0.2, 0) is 19.1 Å². The molecule has 0 saturated carbocycles. The zero-order chi connectivity index (χ0) is 16.2. The van der Waals surface area contributed by atoms with Crippen LogP contribution in [0.5, 0.6) is 0 Å². The van der Waals surface area contributed by atoms with E-state index in [4.69, 9.17) is 4.74 Å². The Labute approximate surface area is 124 Å². The number of nitrogens with zero attached hydrogens (tertiary/aromatic N) is 1. The highest BCUT2D eigenvalue weighted by Gasteiger charge is 2.42. The Hall–Kier alpha value is -1.79. The van der Waals surface area contributed by atoms with Crippen molar-refractivity contribution in [2.45, 2.75) is 51.7 Å². The number of hydrogen-bond donors (Lipinski definition) is 1. The summed E-state index contributed by atoms with van der Waals surface area (Å²) >= 11 is 0. The fraction of sp³-hybridized carbons (Fsp3) is 0.786. The SMILES string of the molecule is COC(=O)N[C@H](C(=O)N1[C@@H](C)CC[C@H]1C(=O)OC)C(C)C. The maximum atomic E-state index is 12.7. The minimum absolute atomic E-state index is 0.0673. The second-order valence-corrected chi connectivity index (χ2v) is 5.57. The van der Waals surface area contributed by atoms with E-state index in [1.54, 1.807) is 0 Å². The summed E-state index contributed by atoms with van der Waals surface area (Å²) < 4.78 is 9.31. The molecule has 3 atom stereocenters. The van der Waals surface area contributed by atoms with E-state index < -0.39 is 24.1 Å². The predicted molar refractivity (Wildman–Crippen MR) is 75.5 cm³/mol. The number of carbonyl (C=O) groups excluding carboxylic acids is 3. The monoisotopic (exact) mass is 300 g/mol. The standard InChI is InChI=1S/C14H24N2O5/c1-8(2)11(15-14(19)21-5)12(17)16-9(3)6-7-10(16)13(18)20-4/h8-11H,6-7H2,1-5H3,(H,15,19)/t9-,10-,11-/m0/s1. The summed E-state index contributed by atoms with van der Waals surface area (Å²) in [5.41, 5.74) is 0. The van der Waals surface area contributed by atoms with Gasteiger partial charge in [-0.05, 0) is 25.7 Å². The highest BCUT2D eigenvalue weighted by atomic mass is 16.5. The predicted octanol–water partition coefficient (Wildman–Crippen LogP) is 0.919. The first-order valence-corrected chi connectivity index (χ1v) is 7.08. The molecule has 120 valence electrons. The number of esters is 1. The van der Waals surface area contributed by atoms with Crippen molar-refractivity contribution in [3.05, 3.63) is 0 Å². The third-order valence-electron chi connectivity index (χ3n) is 3.79. The molecule has 0 spiro atoms. The van der Waals surface area contributed by atoms with Crippen molar-refractivity contribution >= 4 is 18.0 Å². The van der Waals surface area contributed by atoms with Gasteiger partial charge in [-0.3, -0.25) is 4.79 Å². The number of ether oxygens (including phenoxy) is 2. The van der Waals surface area contributed by atoms with Gasteiger partial charge in [0.25, 0.3) is 0 Å². The Morgan fingerprint density at radius 3 is 2.24 bits per heavy atom. The summed E-state index contributed by atoms with van der Waals surface area (Å²) in [6.45, 7) is 5.54. The van der Waals surface area contributed by atoms with Crippen LogP contribution in [0.25, 0.3) is 0 Å². The molecule has 0 aromatic heterocycles. The van der Waals surface area contributed by atoms with Crippen LogP contribution in [0.1, 0.15) is 33.6 Å². The van der Waals surface area contributed by atoms with Gasteiger partial charge in [0, 0.05) is 6.04 Å². The second kappa shape index (κ2) is 7.28. The minimum atomic E-state index is -0.731. The van der Waals surface area contributed by atoms with Gasteiger partial charge in [0.15, 0.2) is 0 Å². The summed E-state index contributed by atoms with van der Waals surface area (Å²) in [5, 5.41) is 2.54. The summed E-state index contributed by atoms with van der Waals surface area (Å²) in [6, 6.07) is -1.38. The van der Waals surface area contributed by atoms with E-state index in [-0.39, 0.29) is 17.9 Å². The lowest BCUT2D eigenvalue weighted by Gasteiger charge is -2.32. The molecule has 0 aromatic rings. The number of alkyl carbamates (subject to hydrolysis) is 1. The molecule has 21 heavy (non-hydrogen) atoms. The largest absolute Gasteiger partial charge is 0.467 e. The first-order chi connectivity index (χ1) is 9.83. The Balaban J connectivity index is 2.94. The normalized spacial score (nSPS) is 22.9. The lowest BCUT2D eigenvalue weighted by Crippen LogP contribution is -2.55. The Morgan fingerprint density at radius 2 is 1.76 bits per heavy atom. The molecule has 0 unspecified atom stereocenters. The third kappa shape index (κ3) is 3.86. The van der Waals surface area contributed by atoms with E-state index in [1.807, 2.05) is 20.8 Å². The van der Waals surface area contributed by atoms with Crippen LogP contribution in [0.4, 0.5) is 4.79 Å². The van der Waals surface area contributed by atoms with Crippen LogP contribution in [0.15, 0.2) is 0 Å². The summed E-state index contributed by atoms with van der Waals surface area (Å²) in [6.07, 6.45) is 0.639. The highest BCUT2D eigenvalue weighted by Crippen LogP contribution is 2.26. The smallest absolute Gasteiger partial charge is 0.407 e. The second-order valence-electron chi connectivity index (χ2n) is 5.57. The molecule has 1 aliphatic heterocycles. The molecule has 1 N–H and O–H groups in total. The number of amides is 2. The van der Waals surface area contributed by atoms with Gasteiger partial charge in [-0.1, -0.05) is 13.8 Å². The van der Waals surface area contributed by atoms with Crippen LogP contribution < -0.4 is 5.32 Å². The van der Waals surface area contributed by atoms with E-state index in [0.29, 0.717) is 6.42 Å². The molecule has 7 heteroatoms. The molecule has 0 aromatic carbocycles. The summed E-state index contributed by atoms with van der Waals surface area (Å²) in [7, 11) is 2.55. The van der Waals surface area contributed by atoms with E-state index >= 15 is 0 Å². The van der Waals surface area contributed by atoms with Gasteiger partial charge in [0.05, 0.1) is 14.2 Å². The molecule has 1 saturated heterocycles. The minimum Gasteiger partial charge on any atom is -0.467 e. The zero-order valence-corrected chi connectivity index (χ0v) is 13.2. The quantitative estimate of drug-likeness (QED) is 0.780. The lowest BCUT2D eigenvalue weighted by atomic mass is 10.0. The van der Waals surface area contributed by atoms with Crippen LogP contribution in [0.2, 0.25) is 0 Å². The average Bonchev–Trinajstić information content (AvgIpc) is 2.84. The first kappa shape index (κ1) is 17.3. The van der Waals surface area contributed by atoms with Crippen LogP contribution >= 0.6 is 0 Å². The maximum absolute atomic E-state index is 12.7. The molecular weight excluding hydrogens is 276 g/mol. The fourth-order valence-electron chi connectivity index (χ4n) is 2.58. The number of likely N-dealkylation sites (tertiary alicyclic amines) is 1. The van der Waals surface area contributed by atoms with Crippen molar-refractivity contribution in [1.29, 1.82) is 0 Å². The summed E-state index contributed by atoms with van der Waals surface area (Å²) in [5.74, 6) is -0.827. The van der Waals surface area contributed by atoms with Crippen molar-refractivity contribution in [3.63, 3.8) is 0 Å². The number of nitrogens with one attached hydrogen (secondary N) is 1. The van der Waals surface area contributed by atoms with E-state index in [2.05, 4.69) is 10.1 Å². The fourth-order valence-corrected chi connectivity index (χ4v) is 2.58. The number of carbonyl (C=O) groups is 3. The number of methoxy groups -OCH3 is 2. The number of hydrogen-bond acceptors (Lipinski definition) is 5. The van der Waals surface area contributed by atoms with E-state index in [9.17, 15) is 14.4 Å². The molecule has 7 nitrogen and oxygen atoms in total. The van der Waals surface area contributed by atoms with Crippen molar-refractivity contribution < 1.29 is 23.9 Å². The Morgan fingerprint density at radius 1 is 1.14 bits per heavy atom. The molecular formula is C14H24N2O5. The van der Waals surface area contributed by atoms with Gasteiger partial charge in [0.1, 0.15) is 12.1 Å². The van der Waals surface area contributed by atoms with Crippen LogP contribution in [-0.4, -0.2) is 55.2 Å². The summed E-state index contributed by atoms with van der Waals surface area (Å²) in [4.78, 5) is 37.5. The van der Waals surface area contributed by atoms with Crippen molar-refractivity contribution in [1.82, 2.24) is 10.2 Å². The number of rotatable bonds is 4. The Kier molecular flexibility index (Phi) is 5.99. The third-order valence-corrected chi connectivity index (χ3v) is 3.79. The van der Waals surface area contributed by atoms with E-state index in [0.717, 1.165) is 6.42 Å². The van der Waals surface area contributed by atoms with Gasteiger partial charge in [0.2, 0.25) is 5.91 Å². The van der Waals surface area contributed by atoms with Crippen LogP contribution in [0, 0.1) is 5.92 Å². The molecule has 0 radical (unpaired) electrons. The molecule has 1 rings (SSSR count). The molecule has 1 aliphatic rings. The first-order valence-electron chi connectivity index (χ1n) is 7.08. The molecule has 2 amide bonds. The van der Waals surface area contributed by atoms with Gasteiger partial charge in [-0.15, -0.1) is 0 Å². The lowest BCUT2D eigenvalue weighted by molar-refractivity contribution is -0.153.